The molecule has 0 N–H and O–H groups in total. The van der Waals surface area contributed by atoms with Crippen molar-refractivity contribution in [3.8, 4) is 0 Å². The first-order chi connectivity index (χ1) is 4.06. The summed E-state index contributed by atoms with van der Waals surface area (Å²) in [6.45, 7) is 1.01. The minimum Gasteiger partial charge on any atom is -0.255 e. The molecule has 0 aliphatic heterocycles. The van der Waals surface area contributed by atoms with Crippen LogP contribution in [-0.2, 0) is 0 Å². The Morgan fingerprint density at radius 1 is 1.22 bits per heavy atom. The zero-order chi connectivity index (χ0) is 7.49. The monoisotopic (exact) mass is 160 g/mol. The van der Waals surface area contributed by atoms with E-state index in [9.17, 15) is 17.6 Å². The van der Waals surface area contributed by atoms with Crippen LogP contribution in [-0.4, -0.2) is 26.7 Å². The van der Waals surface area contributed by atoms with Crippen LogP contribution in [0, 0.1) is 0 Å². The van der Waals surface area contributed by atoms with Gasteiger partial charge < -0.3 is 0 Å². The molecule has 0 bridgehead atoms. The molecule has 0 radical (unpaired) electrons. The summed E-state index contributed by atoms with van der Waals surface area (Å²) >= 11 is 0. The van der Waals surface area contributed by atoms with Gasteiger partial charge in [-0.05, 0) is 0 Å². The quantitative estimate of drug-likeness (QED) is 0.437. The summed E-state index contributed by atoms with van der Waals surface area (Å²) < 4.78 is 46.6. The van der Waals surface area contributed by atoms with Gasteiger partial charge in [0, 0.05) is 0 Å². The zero-order valence-corrected chi connectivity index (χ0v) is 6.00. The summed E-state index contributed by atoms with van der Waals surface area (Å²) in [6.07, 6.45) is -2.36. The SMILES string of the molecule is C[Si](CF)(CF)C(F)F. The Bertz CT molecular complexity index is 80.6. The van der Waals surface area contributed by atoms with Crippen molar-refractivity contribution in [1.29, 1.82) is 0 Å². The Kier molecular flexibility index (Phi) is 3.17. The third-order valence-electron chi connectivity index (χ3n) is 1.14. The van der Waals surface area contributed by atoms with Gasteiger partial charge in [0.05, 0.1) is 12.6 Å². The van der Waals surface area contributed by atoms with Crippen molar-refractivity contribution in [2.45, 2.75) is 12.6 Å². The van der Waals surface area contributed by atoms with E-state index in [4.69, 9.17) is 0 Å². The molecule has 0 saturated carbocycles. The predicted molar refractivity (Wildman–Crippen MR) is 29.6 cm³/mol. The molecule has 5 heteroatoms. The molecule has 0 spiro atoms. The van der Waals surface area contributed by atoms with E-state index in [0.29, 0.717) is 0 Å². The highest BCUT2D eigenvalue weighted by Gasteiger charge is 2.38. The molecular formula is C4H8F4Si. The van der Waals surface area contributed by atoms with Crippen LogP contribution >= 0.6 is 0 Å². The summed E-state index contributed by atoms with van der Waals surface area (Å²) in [5.74, 6) is 0. The van der Waals surface area contributed by atoms with Crippen molar-refractivity contribution >= 4 is 8.07 Å². The van der Waals surface area contributed by atoms with Crippen LogP contribution in [0.2, 0.25) is 6.55 Å². The van der Waals surface area contributed by atoms with Crippen LogP contribution in [0.15, 0.2) is 0 Å². The molecule has 0 aromatic heterocycles. The Balaban J connectivity index is 3.92. The molecule has 0 atom stereocenters. The average Bonchev–Trinajstić information content (AvgIpc) is 1.86. The fourth-order valence-corrected chi connectivity index (χ4v) is 0.457. The van der Waals surface area contributed by atoms with Gasteiger partial charge in [0.15, 0.2) is 8.07 Å². The summed E-state index contributed by atoms with van der Waals surface area (Å²) in [4.78, 5) is 0. The van der Waals surface area contributed by atoms with E-state index >= 15 is 0 Å². The van der Waals surface area contributed by atoms with Crippen LogP contribution in [0.25, 0.3) is 0 Å². The Morgan fingerprint density at radius 3 is 1.56 bits per heavy atom. The molecule has 0 rings (SSSR count). The first-order valence-corrected chi connectivity index (χ1v) is 5.46. The highest BCUT2D eigenvalue weighted by Crippen LogP contribution is 2.14. The molecule has 0 unspecified atom stereocenters. The van der Waals surface area contributed by atoms with Gasteiger partial charge in [0.2, 0.25) is 6.05 Å². The van der Waals surface area contributed by atoms with E-state index in [1.54, 1.807) is 0 Å². The van der Waals surface area contributed by atoms with Crippen LogP contribution in [0.4, 0.5) is 17.6 Å². The molecule has 0 amide bonds. The third kappa shape index (κ3) is 1.96. The Morgan fingerprint density at radius 2 is 1.56 bits per heavy atom. The second-order valence-electron chi connectivity index (χ2n) is 2.22. The minimum atomic E-state index is -3.44. The van der Waals surface area contributed by atoms with Crippen LogP contribution in [0.1, 0.15) is 0 Å². The molecule has 0 heterocycles. The molecule has 56 valence electrons. The lowest BCUT2D eigenvalue weighted by molar-refractivity contribution is 0.218. The van der Waals surface area contributed by atoms with E-state index in [2.05, 4.69) is 0 Å². The van der Waals surface area contributed by atoms with Crippen molar-refractivity contribution in [2.24, 2.45) is 0 Å². The second kappa shape index (κ2) is 3.19. The van der Waals surface area contributed by atoms with Crippen molar-refractivity contribution in [3.05, 3.63) is 0 Å². The smallest absolute Gasteiger partial charge is 0.226 e. The van der Waals surface area contributed by atoms with Crippen molar-refractivity contribution in [1.82, 2.24) is 0 Å². The number of hydrogen-bond donors (Lipinski definition) is 0. The van der Waals surface area contributed by atoms with Gasteiger partial charge in [-0.2, -0.15) is 0 Å². The highest BCUT2D eigenvalue weighted by atomic mass is 28.3. The topological polar surface area (TPSA) is 0 Å². The standard InChI is InChI=1S/C4H8F4Si/c1-9(2-5,3-6)4(7)8/h4H,2-3H2,1H3. The van der Waals surface area contributed by atoms with E-state index in [-0.39, 0.29) is 0 Å². The molecule has 0 saturated heterocycles. The van der Waals surface area contributed by atoms with E-state index in [0.717, 1.165) is 6.55 Å². The van der Waals surface area contributed by atoms with E-state index in [1.165, 1.54) is 0 Å². The molecule has 0 aromatic carbocycles. The maximum atomic E-state index is 11.7. The summed E-state index contributed by atoms with van der Waals surface area (Å²) in [6, 6.07) is -2.78. The molecular weight excluding hydrogens is 152 g/mol. The van der Waals surface area contributed by atoms with Crippen LogP contribution in [0.5, 0.6) is 0 Å². The number of hydrogen-bond acceptors (Lipinski definition) is 0. The van der Waals surface area contributed by atoms with E-state index < -0.39 is 26.7 Å². The van der Waals surface area contributed by atoms with Gasteiger partial charge >= 0.3 is 0 Å². The summed E-state index contributed by atoms with van der Waals surface area (Å²) in [5.41, 5.74) is 0. The first kappa shape index (κ1) is 8.94. The second-order valence-corrected chi connectivity index (χ2v) is 6.50. The largest absolute Gasteiger partial charge is 0.255 e. The molecule has 0 aliphatic rings. The van der Waals surface area contributed by atoms with Crippen molar-refractivity contribution in [3.63, 3.8) is 0 Å². The lowest BCUT2D eigenvalue weighted by atomic mass is 11.6. The zero-order valence-electron chi connectivity index (χ0n) is 5.00. The van der Waals surface area contributed by atoms with Crippen LogP contribution in [0.3, 0.4) is 0 Å². The first-order valence-electron chi connectivity index (χ1n) is 2.47. The summed E-state index contributed by atoms with van der Waals surface area (Å²) in [5, 5.41) is 0. The molecule has 0 fully saturated rings. The van der Waals surface area contributed by atoms with Gasteiger partial charge in [0.25, 0.3) is 0 Å². The lowest BCUT2D eigenvalue weighted by Gasteiger charge is -2.16. The Hall–Kier alpha value is -0.0631. The molecule has 9 heavy (non-hydrogen) atoms. The molecule has 0 nitrogen and oxygen atoms in total. The van der Waals surface area contributed by atoms with Gasteiger partial charge in [0.1, 0.15) is 0 Å². The number of rotatable bonds is 3. The minimum absolute atomic E-state index is 1.01. The van der Waals surface area contributed by atoms with Gasteiger partial charge in [-0.3, -0.25) is 8.78 Å². The predicted octanol–water partition coefficient (Wildman–Crippen LogP) is 1.89. The fraction of sp³-hybridized carbons (Fsp3) is 1.00. The maximum absolute atomic E-state index is 11.7. The normalized spacial score (nSPS) is 12.7. The average molecular weight is 160 g/mol. The maximum Gasteiger partial charge on any atom is 0.226 e. The van der Waals surface area contributed by atoms with Gasteiger partial charge in [-0.25, -0.2) is 8.78 Å². The number of alkyl halides is 4. The van der Waals surface area contributed by atoms with Crippen molar-refractivity contribution in [2.75, 3.05) is 12.6 Å². The highest BCUT2D eigenvalue weighted by molar-refractivity contribution is 6.79. The lowest BCUT2D eigenvalue weighted by Crippen LogP contribution is -2.45. The van der Waals surface area contributed by atoms with Gasteiger partial charge in [-0.15, -0.1) is 0 Å². The molecule has 0 aliphatic carbocycles. The summed E-state index contributed by atoms with van der Waals surface area (Å²) in [7, 11) is -3.44. The fourth-order valence-electron chi connectivity index (χ4n) is 0.152. The number of halogens is 4. The Labute approximate surface area is 51.9 Å². The third-order valence-corrected chi connectivity index (χ3v) is 3.41. The van der Waals surface area contributed by atoms with E-state index in [1.807, 2.05) is 0 Å². The van der Waals surface area contributed by atoms with Crippen molar-refractivity contribution < 1.29 is 17.6 Å². The van der Waals surface area contributed by atoms with Crippen LogP contribution < -0.4 is 0 Å². The van der Waals surface area contributed by atoms with Gasteiger partial charge in [-0.1, -0.05) is 6.55 Å². The molecule has 0 aromatic rings.